The molecule has 1 saturated carbocycles. The maximum absolute atomic E-state index is 13.4. The molecule has 9 nitrogen and oxygen atoms in total. The first-order chi connectivity index (χ1) is 17.0. The SMILES string of the molecule is O=CN(c1cc(C2=CC3CCCC(C2)N3C(=O)c2ccc([N+](=O)[O-])cc2)c2cc[nH]c2n1)C1CC1. The molecule has 3 aliphatic rings. The number of piperidine rings is 1. The van der Waals surface area contributed by atoms with Crippen LogP contribution in [0.5, 0.6) is 0 Å². The summed E-state index contributed by atoms with van der Waals surface area (Å²) in [5, 5.41) is 12.0. The van der Waals surface area contributed by atoms with Crippen molar-refractivity contribution >= 4 is 40.4 Å². The van der Waals surface area contributed by atoms with Crippen molar-refractivity contribution in [3.8, 4) is 0 Å². The molecule has 1 N–H and O–H groups in total. The summed E-state index contributed by atoms with van der Waals surface area (Å²) in [5.74, 6) is 0.566. The average Bonchev–Trinajstić information content (AvgIpc) is 3.58. The van der Waals surface area contributed by atoms with E-state index in [0.29, 0.717) is 17.8 Å². The highest BCUT2D eigenvalue weighted by Gasteiger charge is 2.38. The molecule has 178 valence electrons. The van der Waals surface area contributed by atoms with Crippen LogP contribution in [0, 0.1) is 10.1 Å². The van der Waals surface area contributed by atoms with Crippen molar-refractivity contribution in [3.05, 3.63) is 69.9 Å². The highest BCUT2D eigenvalue weighted by Crippen LogP contribution is 2.41. The van der Waals surface area contributed by atoms with Gasteiger partial charge in [-0.05, 0) is 73.9 Å². The molecule has 2 aromatic heterocycles. The molecule has 6 rings (SSSR count). The molecular formula is C26H25N5O4. The van der Waals surface area contributed by atoms with Crippen molar-refractivity contribution in [2.45, 2.75) is 56.7 Å². The second-order valence-corrected chi connectivity index (χ2v) is 9.58. The first-order valence-corrected chi connectivity index (χ1v) is 12.0. The normalized spacial score (nSPS) is 21.5. The molecule has 0 radical (unpaired) electrons. The largest absolute Gasteiger partial charge is 0.346 e. The van der Waals surface area contributed by atoms with E-state index in [9.17, 15) is 19.7 Å². The molecule has 3 aromatic rings. The maximum Gasteiger partial charge on any atom is 0.269 e. The Morgan fingerprint density at radius 3 is 2.66 bits per heavy atom. The van der Waals surface area contributed by atoms with Crippen LogP contribution in [-0.2, 0) is 4.79 Å². The second-order valence-electron chi connectivity index (χ2n) is 9.58. The summed E-state index contributed by atoms with van der Waals surface area (Å²) < 4.78 is 0. The van der Waals surface area contributed by atoms with Crippen LogP contribution < -0.4 is 4.90 Å². The fourth-order valence-electron chi connectivity index (χ4n) is 5.52. The number of non-ortho nitro benzene ring substituents is 1. The number of aromatic amines is 1. The monoisotopic (exact) mass is 471 g/mol. The van der Waals surface area contributed by atoms with Crippen LogP contribution in [0.2, 0.25) is 0 Å². The Kier molecular flexibility index (Phi) is 5.12. The Labute approximate surface area is 201 Å². The number of benzene rings is 1. The maximum atomic E-state index is 13.4. The lowest BCUT2D eigenvalue weighted by Gasteiger charge is -2.45. The molecule has 2 aliphatic heterocycles. The van der Waals surface area contributed by atoms with Gasteiger partial charge >= 0.3 is 0 Å². The molecule has 4 heterocycles. The molecule has 2 unspecified atom stereocenters. The van der Waals surface area contributed by atoms with Crippen LogP contribution in [0.15, 0.2) is 48.7 Å². The molecule has 1 saturated heterocycles. The van der Waals surface area contributed by atoms with Crippen molar-refractivity contribution in [1.82, 2.24) is 14.9 Å². The Balaban J connectivity index is 1.36. The fraction of sp³-hybridized carbons (Fsp3) is 0.346. The van der Waals surface area contributed by atoms with Crippen LogP contribution >= 0.6 is 0 Å². The summed E-state index contributed by atoms with van der Waals surface area (Å²) in [6, 6.07) is 10.1. The zero-order chi connectivity index (χ0) is 24.1. The minimum absolute atomic E-state index is 0.0258. The molecule has 2 atom stereocenters. The highest BCUT2D eigenvalue weighted by atomic mass is 16.6. The van der Waals surface area contributed by atoms with E-state index >= 15 is 0 Å². The first kappa shape index (κ1) is 21.5. The molecule has 2 amide bonds. The van der Waals surface area contributed by atoms with Gasteiger partial charge in [-0.1, -0.05) is 6.08 Å². The van der Waals surface area contributed by atoms with Crippen LogP contribution in [-0.4, -0.2) is 50.2 Å². The topological polar surface area (TPSA) is 112 Å². The minimum Gasteiger partial charge on any atom is -0.346 e. The van der Waals surface area contributed by atoms with Crippen molar-refractivity contribution in [2.75, 3.05) is 4.90 Å². The van der Waals surface area contributed by atoms with Gasteiger partial charge in [0.15, 0.2) is 0 Å². The van der Waals surface area contributed by atoms with E-state index in [-0.39, 0.29) is 29.7 Å². The number of nitro groups is 1. The Hall–Kier alpha value is -4.01. The predicted octanol–water partition coefficient (Wildman–Crippen LogP) is 4.45. The summed E-state index contributed by atoms with van der Waals surface area (Å²) in [6.07, 6.45) is 10.4. The molecule has 1 aliphatic carbocycles. The molecule has 2 fully saturated rings. The number of aromatic nitrogens is 2. The third-order valence-corrected chi connectivity index (χ3v) is 7.38. The van der Waals surface area contributed by atoms with E-state index in [1.54, 1.807) is 17.0 Å². The number of amides is 2. The molecule has 35 heavy (non-hydrogen) atoms. The first-order valence-electron chi connectivity index (χ1n) is 12.0. The van der Waals surface area contributed by atoms with Gasteiger partial charge in [0.2, 0.25) is 6.41 Å². The second kappa shape index (κ2) is 8.33. The van der Waals surface area contributed by atoms with Gasteiger partial charge in [-0.25, -0.2) is 4.98 Å². The summed E-state index contributed by atoms with van der Waals surface area (Å²) >= 11 is 0. The molecule has 1 aromatic carbocycles. The number of hydrogen-bond acceptors (Lipinski definition) is 5. The van der Waals surface area contributed by atoms with Gasteiger partial charge in [0.1, 0.15) is 11.5 Å². The van der Waals surface area contributed by atoms with E-state index in [2.05, 4.69) is 11.1 Å². The van der Waals surface area contributed by atoms with Gasteiger partial charge in [-0.15, -0.1) is 0 Å². The number of nitro benzene ring substituents is 1. The lowest BCUT2D eigenvalue weighted by molar-refractivity contribution is -0.384. The Morgan fingerprint density at radius 1 is 1.17 bits per heavy atom. The molecule has 0 spiro atoms. The van der Waals surface area contributed by atoms with Crippen LogP contribution in [0.3, 0.4) is 0 Å². The summed E-state index contributed by atoms with van der Waals surface area (Å²) in [7, 11) is 0. The number of rotatable bonds is 6. The van der Waals surface area contributed by atoms with Gasteiger partial charge in [-0.2, -0.15) is 0 Å². The molecule has 9 heteroatoms. The third kappa shape index (κ3) is 3.77. The van der Waals surface area contributed by atoms with E-state index in [1.165, 1.54) is 17.7 Å². The number of H-pyrrole nitrogens is 1. The number of hydrogen-bond donors (Lipinski definition) is 1. The van der Waals surface area contributed by atoms with Gasteiger partial charge in [-0.3, -0.25) is 24.6 Å². The zero-order valence-electron chi connectivity index (χ0n) is 19.1. The number of carbonyl (C=O) groups excluding carboxylic acids is 2. The number of nitrogens with one attached hydrogen (secondary N) is 1. The summed E-state index contributed by atoms with van der Waals surface area (Å²) in [6.45, 7) is 0. The van der Waals surface area contributed by atoms with E-state index < -0.39 is 4.92 Å². The quantitative estimate of drug-likeness (QED) is 0.324. The lowest BCUT2D eigenvalue weighted by atomic mass is 9.82. The number of pyridine rings is 1. The van der Waals surface area contributed by atoms with Gasteiger partial charge in [0, 0.05) is 41.4 Å². The Bertz CT molecular complexity index is 1360. The van der Waals surface area contributed by atoms with Gasteiger partial charge in [0.05, 0.1) is 11.0 Å². The molecular weight excluding hydrogens is 446 g/mol. The van der Waals surface area contributed by atoms with Gasteiger partial charge < -0.3 is 9.88 Å². The van der Waals surface area contributed by atoms with Crippen molar-refractivity contribution in [1.29, 1.82) is 0 Å². The van der Waals surface area contributed by atoms with E-state index in [1.807, 2.05) is 23.2 Å². The van der Waals surface area contributed by atoms with Crippen LogP contribution in [0.1, 0.15) is 54.4 Å². The summed E-state index contributed by atoms with van der Waals surface area (Å²) in [4.78, 5) is 47.3. The summed E-state index contributed by atoms with van der Waals surface area (Å²) in [5.41, 5.74) is 3.41. The highest BCUT2D eigenvalue weighted by molar-refractivity contribution is 5.97. The van der Waals surface area contributed by atoms with Crippen LogP contribution in [0.25, 0.3) is 16.6 Å². The predicted molar refractivity (Wildman–Crippen MR) is 131 cm³/mol. The number of fused-ring (bicyclic) bond motifs is 3. The zero-order valence-corrected chi connectivity index (χ0v) is 19.1. The fourth-order valence-corrected chi connectivity index (χ4v) is 5.52. The van der Waals surface area contributed by atoms with Gasteiger partial charge in [0.25, 0.3) is 11.6 Å². The minimum atomic E-state index is -0.460. The number of anilines is 1. The van der Waals surface area contributed by atoms with Crippen molar-refractivity contribution < 1.29 is 14.5 Å². The third-order valence-electron chi connectivity index (χ3n) is 7.38. The smallest absolute Gasteiger partial charge is 0.269 e. The van der Waals surface area contributed by atoms with E-state index in [4.69, 9.17) is 4.98 Å². The average molecular weight is 472 g/mol. The standard InChI is InChI=1S/C26H25N5O4/c32-15-29(18-8-9-18)24-14-23(22-10-11-27-25(22)28-24)17-12-20-2-1-3-21(13-17)30(20)26(33)16-4-6-19(7-5-16)31(34)35/h4-7,10-12,14-15,18,20-21H,1-3,8-9,13H2,(H,27,28). The Morgan fingerprint density at radius 2 is 1.97 bits per heavy atom. The molecule has 2 bridgehead atoms. The van der Waals surface area contributed by atoms with Crippen molar-refractivity contribution in [3.63, 3.8) is 0 Å². The number of nitrogens with zero attached hydrogens (tertiary/aromatic N) is 4. The van der Waals surface area contributed by atoms with Crippen LogP contribution in [0.4, 0.5) is 11.5 Å². The van der Waals surface area contributed by atoms with E-state index in [0.717, 1.165) is 55.1 Å². The number of carbonyl (C=O) groups is 2. The lowest BCUT2D eigenvalue weighted by Crippen LogP contribution is -2.51. The van der Waals surface area contributed by atoms with Crippen molar-refractivity contribution in [2.24, 2.45) is 0 Å².